The van der Waals surface area contributed by atoms with Crippen molar-refractivity contribution in [2.24, 2.45) is 11.8 Å². The second kappa shape index (κ2) is 11.4. The molecule has 2 aromatic heterocycles. The Morgan fingerprint density at radius 3 is 2.21 bits per heavy atom. The first-order chi connectivity index (χ1) is 18.0. The van der Waals surface area contributed by atoms with E-state index in [1.54, 1.807) is 29.4 Å². The fraction of sp³-hybridized carbons (Fsp3) is 0.379. The number of nitrogens with zero attached hydrogens (tertiary/aromatic N) is 3. The number of thiazole rings is 1. The predicted octanol–water partition coefficient (Wildman–Crippen LogP) is 6.66. The van der Waals surface area contributed by atoms with Crippen LogP contribution in [0.25, 0.3) is 10.2 Å². The van der Waals surface area contributed by atoms with Crippen molar-refractivity contribution in [1.29, 1.82) is 0 Å². The van der Waals surface area contributed by atoms with Crippen LogP contribution in [0.15, 0.2) is 64.1 Å². The minimum atomic E-state index is -3.69. The third-order valence-electron chi connectivity index (χ3n) is 6.32. The number of aryl methyl sites for hydroxylation is 2. The van der Waals surface area contributed by atoms with Crippen LogP contribution in [0.2, 0.25) is 0 Å². The van der Waals surface area contributed by atoms with Crippen LogP contribution in [-0.4, -0.2) is 36.7 Å². The molecular formula is C29H35N3O4S2. The average Bonchev–Trinajstić information content (AvgIpc) is 3.54. The lowest BCUT2D eigenvalue weighted by molar-refractivity contribution is 0.0983. The van der Waals surface area contributed by atoms with Crippen LogP contribution in [0.4, 0.5) is 5.13 Å². The highest BCUT2D eigenvalue weighted by atomic mass is 32.2. The number of anilines is 1. The Morgan fingerprint density at radius 2 is 1.63 bits per heavy atom. The fourth-order valence-electron chi connectivity index (χ4n) is 4.27. The zero-order valence-corrected chi connectivity index (χ0v) is 24.4. The molecule has 0 saturated carbocycles. The van der Waals surface area contributed by atoms with E-state index in [4.69, 9.17) is 9.40 Å². The van der Waals surface area contributed by atoms with Crippen molar-refractivity contribution in [3.8, 4) is 0 Å². The number of aromatic nitrogens is 1. The number of benzene rings is 2. The molecule has 4 rings (SSSR count). The number of hydrogen-bond donors (Lipinski definition) is 0. The van der Waals surface area contributed by atoms with Gasteiger partial charge < -0.3 is 4.42 Å². The fourth-order valence-corrected chi connectivity index (χ4v) is 7.06. The maximum Gasteiger partial charge on any atom is 0.260 e. The molecule has 0 saturated heterocycles. The lowest BCUT2D eigenvalue weighted by Gasteiger charge is -2.25. The molecule has 0 spiro atoms. The Bertz CT molecular complexity index is 1500. The predicted molar refractivity (Wildman–Crippen MR) is 153 cm³/mol. The van der Waals surface area contributed by atoms with Gasteiger partial charge in [0.25, 0.3) is 5.91 Å². The summed E-state index contributed by atoms with van der Waals surface area (Å²) >= 11 is 1.45. The Hall–Kier alpha value is -3.01. The van der Waals surface area contributed by atoms with Crippen molar-refractivity contribution in [1.82, 2.24) is 9.29 Å². The van der Waals surface area contributed by atoms with E-state index in [1.807, 2.05) is 53.7 Å². The van der Waals surface area contributed by atoms with E-state index in [0.29, 0.717) is 29.5 Å². The summed E-state index contributed by atoms with van der Waals surface area (Å²) in [6, 6.07) is 13.9. The van der Waals surface area contributed by atoms with Crippen LogP contribution in [0.1, 0.15) is 54.9 Å². The lowest BCUT2D eigenvalue weighted by Crippen LogP contribution is -2.37. The van der Waals surface area contributed by atoms with Gasteiger partial charge in [0.15, 0.2) is 5.13 Å². The zero-order chi connectivity index (χ0) is 27.6. The minimum Gasteiger partial charge on any atom is -0.467 e. The van der Waals surface area contributed by atoms with Crippen molar-refractivity contribution in [2.45, 2.75) is 53.0 Å². The molecule has 0 bridgehead atoms. The number of furan rings is 1. The third-order valence-corrected chi connectivity index (χ3v) is 9.21. The van der Waals surface area contributed by atoms with Gasteiger partial charge in [-0.25, -0.2) is 13.4 Å². The summed E-state index contributed by atoms with van der Waals surface area (Å²) in [4.78, 5) is 20.4. The highest BCUT2D eigenvalue weighted by Gasteiger charge is 2.28. The summed E-state index contributed by atoms with van der Waals surface area (Å²) in [5.41, 5.74) is 3.47. The van der Waals surface area contributed by atoms with Crippen LogP contribution in [0.3, 0.4) is 0 Å². The van der Waals surface area contributed by atoms with Gasteiger partial charge in [-0.3, -0.25) is 9.69 Å². The summed E-state index contributed by atoms with van der Waals surface area (Å²) in [7, 11) is -3.69. The topological polar surface area (TPSA) is 83.7 Å². The van der Waals surface area contributed by atoms with Gasteiger partial charge in [0.05, 0.1) is 27.9 Å². The second-order valence-electron chi connectivity index (χ2n) is 10.5. The minimum absolute atomic E-state index is 0.180. The molecule has 0 radical (unpaired) electrons. The molecule has 202 valence electrons. The van der Waals surface area contributed by atoms with Gasteiger partial charge in [-0.1, -0.05) is 45.1 Å². The van der Waals surface area contributed by atoms with Crippen molar-refractivity contribution < 1.29 is 17.6 Å². The number of sulfonamides is 1. The molecule has 0 fully saturated rings. The van der Waals surface area contributed by atoms with Gasteiger partial charge in [0, 0.05) is 18.7 Å². The van der Waals surface area contributed by atoms with Crippen LogP contribution in [0.5, 0.6) is 0 Å². The van der Waals surface area contributed by atoms with Crippen LogP contribution >= 0.6 is 11.3 Å². The van der Waals surface area contributed by atoms with Crippen LogP contribution < -0.4 is 4.90 Å². The van der Waals surface area contributed by atoms with E-state index in [2.05, 4.69) is 6.07 Å². The summed E-state index contributed by atoms with van der Waals surface area (Å²) in [5.74, 6) is 0.740. The van der Waals surface area contributed by atoms with Gasteiger partial charge in [-0.2, -0.15) is 4.31 Å². The zero-order valence-electron chi connectivity index (χ0n) is 22.8. The van der Waals surface area contributed by atoms with Crippen molar-refractivity contribution >= 4 is 42.6 Å². The summed E-state index contributed by atoms with van der Waals surface area (Å²) in [6.07, 6.45) is 1.57. The number of carbonyl (C=O) groups excluding carboxylic acids is 1. The highest BCUT2D eigenvalue weighted by molar-refractivity contribution is 7.89. The molecule has 0 N–H and O–H groups in total. The molecule has 7 nitrogen and oxygen atoms in total. The SMILES string of the molecule is Cc1ccc2sc(N(Cc3ccco3)C(=O)c3ccc(S(=O)(=O)N(CC(C)C)CC(C)C)cc3)nc2c1C. The van der Waals surface area contributed by atoms with E-state index in [0.717, 1.165) is 21.3 Å². The standard InChI is InChI=1S/C29H35N3O4S2/c1-19(2)16-31(17-20(3)4)38(34,35)25-12-10-23(11-13-25)28(33)32(18-24-8-7-15-36-24)29-30-27-22(6)21(5)9-14-26(27)37-29/h7-15,19-20H,16-18H2,1-6H3. The summed E-state index contributed by atoms with van der Waals surface area (Å²) < 4.78 is 34.9. The molecule has 0 aliphatic rings. The first-order valence-electron chi connectivity index (χ1n) is 12.8. The van der Waals surface area contributed by atoms with Gasteiger partial charge in [0.2, 0.25) is 10.0 Å². The second-order valence-corrected chi connectivity index (χ2v) is 13.4. The maximum atomic E-state index is 13.8. The van der Waals surface area contributed by atoms with Crippen molar-refractivity contribution in [2.75, 3.05) is 18.0 Å². The van der Waals surface area contributed by atoms with Crippen molar-refractivity contribution in [3.05, 3.63) is 77.2 Å². The normalized spacial score (nSPS) is 12.2. The number of rotatable bonds is 10. The van der Waals surface area contributed by atoms with E-state index in [1.165, 1.54) is 27.8 Å². The van der Waals surface area contributed by atoms with E-state index in [9.17, 15) is 13.2 Å². The smallest absolute Gasteiger partial charge is 0.260 e. The quantitative estimate of drug-likeness (QED) is 0.219. The number of fused-ring (bicyclic) bond motifs is 1. The van der Waals surface area contributed by atoms with E-state index < -0.39 is 10.0 Å². The van der Waals surface area contributed by atoms with Gasteiger partial charge >= 0.3 is 0 Å². The molecule has 4 aromatic rings. The molecule has 9 heteroatoms. The first kappa shape index (κ1) is 28.0. The third kappa shape index (κ3) is 6.00. The molecule has 38 heavy (non-hydrogen) atoms. The number of amides is 1. The number of hydrogen-bond acceptors (Lipinski definition) is 6. The van der Waals surface area contributed by atoms with Gasteiger partial charge in [-0.05, 0) is 79.3 Å². The molecule has 1 amide bonds. The Labute approximate surface area is 229 Å². The van der Waals surface area contributed by atoms with E-state index >= 15 is 0 Å². The van der Waals surface area contributed by atoms with Crippen molar-refractivity contribution in [3.63, 3.8) is 0 Å². The Morgan fingerprint density at radius 1 is 0.974 bits per heavy atom. The van der Waals surface area contributed by atoms with Crippen LogP contribution in [0, 0.1) is 25.7 Å². The highest BCUT2D eigenvalue weighted by Crippen LogP contribution is 2.33. The first-order valence-corrected chi connectivity index (χ1v) is 15.0. The summed E-state index contributed by atoms with van der Waals surface area (Å²) in [6.45, 7) is 13.2. The van der Waals surface area contributed by atoms with Gasteiger partial charge in [-0.15, -0.1) is 0 Å². The van der Waals surface area contributed by atoms with Crippen LogP contribution in [-0.2, 0) is 16.6 Å². The van der Waals surface area contributed by atoms with E-state index in [-0.39, 0.29) is 29.2 Å². The maximum absolute atomic E-state index is 13.8. The lowest BCUT2D eigenvalue weighted by atomic mass is 10.1. The molecule has 2 aromatic carbocycles. The monoisotopic (exact) mass is 553 g/mol. The molecule has 0 aliphatic heterocycles. The molecule has 0 atom stereocenters. The molecule has 2 heterocycles. The molecule has 0 aliphatic carbocycles. The number of carbonyl (C=O) groups is 1. The average molecular weight is 554 g/mol. The molecular weight excluding hydrogens is 518 g/mol. The molecule has 0 unspecified atom stereocenters. The summed E-state index contributed by atoms with van der Waals surface area (Å²) in [5, 5.41) is 0.562. The van der Waals surface area contributed by atoms with Gasteiger partial charge in [0.1, 0.15) is 5.76 Å². The Balaban J connectivity index is 1.68. The Kier molecular flexibility index (Phi) is 8.40. The largest absolute Gasteiger partial charge is 0.467 e.